The summed E-state index contributed by atoms with van der Waals surface area (Å²) in [5.74, 6) is 1.75. The number of hydrogen-bond donors (Lipinski definition) is 1. The van der Waals surface area contributed by atoms with Crippen molar-refractivity contribution in [3.05, 3.63) is 35.9 Å². The van der Waals surface area contributed by atoms with E-state index in [4.69, 9.17) is 0 Å². The number of halogens is 1. The minimum absolute atomic E-state index is 0. The summed E-state index contributed by atoms with van der Waals surface area (Å²) >= 11 is 0. The molecule has 1 N–H and O–H groups in total. The van der Waals surface area contributed by atoms with Crippen LogP contribution in [0.4, 0.5) is 0 Å². The summed E-state index contributed by atoms with van der Waals surface area (Å²) in [5.41, 5.74) is 1.42. The number of piperidine rings is 1. The Labute approximate surface area is 127 Å². The molecule has 3 rings (SSSR count). The van der Waals surface area contributed by atoms with Crippen molar-refractivity contribution >= 4 is 18.3 Å². The fourth-order valence-corrected chi connectivity index (χ4v) is 3.26. The maximum Gasteiger partial charge on any atom is 0.228 e. The van der Waals surface area contributed by atoms with Crippen LogP contribution in [0, 0.1) is 11.8 Å². The summed E-state index contributed by atoms with van der Waals surface area (Å²) in [5, 5.41) is 3.18. The molecular formula is C16H23ClN2O. The summed E-state index contributed by atoms with van der Waals surface area (Å²) in [6.45, 7) is 5.84. The largest absolute Gasteiger partial charge is 0.342 e. The van der Waals surface area contributed by atoms with Gasteiger partial charge in [-0.3, -0.25) is 4.79 Å². The molecule has 0 aliphatic carbocycles. The first kappa shape index (κ1) is 15.3. The fraction of sp³-hybridized carbons (Fsp3) is 0.562. The monoisotopic (exact) mass is 294 g/mol. The maximum absolute atomic E-state index is 12.3. The molecule has 0 bridgehead atoms. The third-order valence-electron chi connectivity index (χ3n) is 4.58. The Morgan fingerprint density at radius 2 is 1.95 bits per heavy atom. The van der Waals surface area contributed by atoms with E-state index in [0.29, 0.717) is 17.7 Å². The molecule has 0 spiro atoms. The van der Waals surface area contributed by atoms with Crippen molar-refractivity contribution in [2.24, 2.45) is 11.8 Å². The Kier molecular flexibility index (Phi) is 5.06. The molecular weight excluding hydrogens is 272 g/mol. The number of carbonyl (C=O) groups is 1. The fourth-order valence-electron chi connectivity index (χ4n) is 3.26. The van der Waals surface area contributed by atoms with Crippen LogP contribution in [0.1, 0.15) is 24.8 Å². The number of hydrogen-bond acceptors (Lipinski definition) is 2. The Hall–Kier alpha value is -1.06. The summed E-state index contributed by atoms with van der Waals surface area (Å²) in [7, 11) is 0. The normalized spacial score (nSPS) is 26.6. The highest BCUT2D eigenvalue weighted by atomic mass is 35.5. The van der Waals surface area contributed by atoms with E-state index in [2.05, 4.69) is 47.5 Å². The van der Waals surface area contributed by atoms with Crippen molar-refractivity contribution in [1.29, 1.82) is 0 Å². The van der Waals surface area contributed by atoms with E-state index < -0.39 is 0 Å². The van der Waals surface area contributed by atoms with Crippen molar-refractivity contribution in [3.8, 4) is 0 Å². The van der Waals surface area contributed by atoms with E-state index in [1.807, 2.05) is 0 Å². The van der Waals surface area contributed by atoms with Crippen LogP contribution in [0.2, 0.25) is 0 Å². The zero-order valence-electron chi connectivity index (χ0n) is 11.9. The lowest BCUT2D eigenvalue weighted by molar-refractivity contribution is -0.139. The van der Waals surface area contributed by atoms with Crippen LogP contribution < -0.4 is 5.32 Å². The zero-order chi connectivity index (χ0) is 13.2. The van der Waals surface area contributed by atoms with Gasteiger partial charge in [0.25, 0.3) is 0 Å². The minimum Gasteiger partial charge on any atom is -0.342 e. The molecule has 0 saturated carbocycles. The van der Waals surface area contributed by atoms with Crippen molar-refractivity contribution in [2.75, 3.05) is 26.2 Å². The SMILES string of the molecule is CC1CN(C(=O)C2CNC2)CCC1c1ccccc1.Cl. The van der Waals surface area contributed by atoms with Crippen molar-refractivity contribution in [1.82, 2.24) is 10.2 Å². The Morgan fingerprint density at radius 1 is 1.25 bits per heavy atom. The smallest absolute Gasteiger partial charge is 0.228 e. The van der Waals surface area contributed by atoms with E-state index in [1.165, 1.54) is 5.56 Å². The van der Waals surface area contributed by atoms with E-state index >= 15 is 0 Å². The van der Waals surface area contributed by atoms with Gasteiger partial charge in [0.05, 0.1) is 5.92 Å². The maximum atomic E-state index is 12.3. The van der Waals surface area contributed by atoms with Crippen LogP contribution in [0.5, 0.6) is 0 Å². The van der Waals surface area contributed by atoms with Gasteiger partial charge in [0.1, 0.15) is 0 Å². The van der Waals surface area contributed by atoms with E-state index in [-0.39, 0.29) is 18.3 Å². The Balaban J connectivity index is 0.00000147. The molecule has 1 aromatic carbocycles. The second-order valence-electron chi connectivity index (χ2n) is 5.92. The van der Waals surface area contributed by atoms with Gasteiger partial charge in [-0.15, -0.1) is 12.4 Å². The van der Waals surface area contributed by atoms with Crippen molar-refractivity contribution in [2.45, 2.75) is 19.3 Å². The van der Waals surface area contributed by atoms with Crippen LogP contribution in [0.25, 0.3) is 0 Å². The molecule has 2 aliphatic rings. The predicted molar refractivity (Wildman–Crippen MR) is 83.2 cm³/mol. The van der Waals surface area contributed by atoms with Crippen molar-refractivity contribution < 1.29 is 4.79 Å². The number of nitrogens with one attached hydrogen (secondary N) is 1. The van der Waals surface area contributed by atoms with Gasteiger partial charge < -0.3 is 10.2 Å². The molecule has 1 aromatic rings. The van der Waals surface area contributed by atoms with Gasteiger partial charge in [-0.25, -0.2) is 0 Å². The highest BCUT2D eigenvalue weighted by Crippen LogP contribution is 2.33. The second-order valence-corrected chi connectivity index (χ2v) is 5.92. The lowest BCUT2D eigenvalue weighted by atomic mass is 9.81. The lowest BCUT2D eigenvalue weighted by Crippen LogP contribution is -2.54. The second kappa shape index (κ2) is 6.59. The molecule has 3 nitrogen and oxygen atoms in total. The third kappa shape index (κ3) is 2.99. The average Bonchev–Trinajstić information content (AvgIpc) is 2.37. The molecule has 2 heterocycles. The van der Waals surface area contributed by atoms with Crippen LogP contribution >= 0.6 is 12.4 Å². The molecule has 1 amide bonds. The predicted octanol–water partition coefficient (Wildman–Crippen LogP) is 2.28. The Morgan fingerprint density at radius 3 is 2.50 bits per heavy atom. The number of rotatable bonds is 2. The molecule has 2 aliphatic heterocycles. The molecule has 2 unspecified atom stereocenters. The van der Waals surface area contributed by atoms with Gasteiger partial charge in [-0.05, 0) is 23.8 Å². The minimum atomic E-state index is 0. The third-order valence-corrected chi connectivity index (χ3v) is 4.58. The van der Waals surface area contributed by atoms with Crippen molar-refractivity contribution in [3.63, 3.8) is 0 Å². The number of likely N-dealkylation sites (tertiary alicyclic amines) is 1. The standard InChI is InChI=1S/C16H22N2O.ClH/c1-12-11-18(16(19)14-9-17-10-14)8-7-15(12)13-5-3-2-4-6-13;/h2-6,12,14-15,17H,7-11H2,1H3;1H. The Bertz CT molecular complexity index is 447. The van der Waals surface area contributed by atoms with Crippen LogP contribution in [0.3, 0.4) is 0 Å². The molecule has 110 valence electrons. The quantitative estimate of drug-likeness (QED) is 0.908. The summed E-state index contributed by atoms with van der Waals surface area (Å²) in [6, 6.07) is 10.7. The van der Waals surface area contributed by atoms with Gasteiger partial charge in [0.15, 0.2) is 0 Å². The molecule has 0 aromatic heterocycles. The van der Waals surface area contributed by atoms with Gasteiger partial charge in [0.2, 0.25) is 5.91 Å². The van der Waals surface area contributed by atoms with Gasteiger partial charge in [-0.2, -0.15) is 0 Å². The van der Waals surface area contributed by atoms with Crippen LogP contribution in [-0.4, -0.2) is 37.0 Å². The molecule has 0 radical (unpaired) electrons. The number of benzene rings is 1. The first-order valence-corrected chi connectivity index (χ1v) is 7.30. The number of carbonyl (C=O) groups excluding carboxylic acids is 1. The van der Waals surface area contributed by atoms with E-state index in [9.17, 15) is 4.79 Å². The molecule has 2 saturated heterocycles. The van der Waals surface area contributed by atoms with Gasteiger partial charge >= 0.3 is 0 Å². The summed E-state index contributed by atoms with van der Waals surface area (Å²) in [6.07, 6.45) is 1.09. The molecule has 4 heteroatoms. The average molecular weight is 295 g/mol. The number of amides is 1. The van der Waals surface area contributed by atoms with Gasteiger partial charge in [-0.1, -0.05) is 37.3 Å². The van der Waals surface area contributed by atoms with Crippen LogP contribution in [-0.2, 0) is 4.79 Å². The van der Waals surface area contributed by atoms with E-state index in [0.717, 1.165) is 32.6 Å². The molecule has 2 atom stereocenters. The number of nitrogens with zero attached hydrogens (tertiary/aromatic N) is 1. The highest BCUT2D eigenvalue weighted by Gasteiger charge is 2.34. The van der Waals surface area contributed by atoms with Gasteiger partial charge in [0, 0.05) is 26.2 Å². The lowest BCUT2D eigenvalue weighted by Gasteiger charge is -2.40. The topological polar surface area (TPSA) is 32.3 Å². The summed E-state index contributed by atoms with van der Waals surface area (Å²) < 4.78 is 0. The molecule has 2 fully saturated rings. The first-order valence-electron chi connectivity index (χ1n) is 7.30. The van der Waals surface area contributed by atoms with Crippen LogP contribution in [0.15, 0.2) is 30.3 Å². The first-order chi connectivity index (χ1) is 9.25. The molecule has 20 heavy (non-hydrogen) atoms. The zero-order valence-corrected chi connectivity index (χ0v) is 12.7. The highest BCUT2D eigenvalue weighted by molar-refractivity contribution is 5.85. The summed E-state index contributed by atoms with van der Waals surface area (Å²) in [4.78, 5) is 14.3. The van der Waals surface area contributed by atoms with E-state index in [1.54, 1.807) is 0 Å².